The summed E-state index contributed by atoms with van der Waals surface area (Å²) in [6.45, 7) is 16.8. The molecule has 9 rings (SSSR count). The molecule has 3 N–H and O–H groups in total. The van der Waals surface area contributed by atoms with Gasteiger partial charge in [0, 0.05) is 45.3 Å². The fourth-order valence-electron chi connectivity index (χ4n) is 12.5. The highest BCUT2D eigenvalue weighted by Gasteiger charge is 2.84. The van der Waals surface area contributed by atoms with Gasteiger partial charge in [0.2, 0.25) is 0 Å². The van der Waals surface area contributed by atoms with Crippen LogP contribution in [-0.2, 0) is 32.5 Å². The Balaban J connectivity index is 1.16. The lowest BCUT2D eigenvalue weighted by Gasteiger charge is -2.66. The third-order valence-corrected chi connectivity index (χ3v) is 14.8. The van der Waals surface area contributed by atoms with Gasteiger partial charge in [-0.05, 0) is 109 Å². The SMILES string of the molecule is CC1(C)OC(C)(C)C2C(=O)c3ccc4[nH]c5c(c4c3CC21)C[C@@H]1CC[C@]2(O)[C@](C)(CCC3O[C@H](C(C)(C)O)C[C@H]4O[C@@]342)[C@@]51C. The Morgan fingerprint density at radius 3 is 2.43 bits per heavy atom. The number of nitrogens with one attached hydrogen (secondary N) is 1. The number of carbonyl (C=O) groups is 1. The molecule has 5 fully saturated rings. The first-order valence-corrected chi connectivity index (χ1v) is 17.1. The molecule has 0 amide bonds. The van der Waals surface area contributed by atoms with Gasteiger partial charge in [0.25, 0.3) is 0 Å². The normalized spacial score (nSPS) is 47.6. The molecule has 1 aromatic heterocycles. The van der Waals surface area contributed by atoms with Crippen molar-refractivity contribution in [2.24, 2.45) is 23.2 Å². The fourth-order valence-corrected chi connectivity index (χ4v) is 12.5. The average Bonchev–Trinajstić information content (AvgIpc) is 3.39. The number of aromatic amines is 1. The Kier molecular flexibility index (Phi) is 5.07. The van der Waals surface area contributed by atoms with Crippen LogP contribution in [0.5, 0.6) is 0 Å². The van der Waals surface area contributed by atoms with E-state index in [4.69, 9.17) is 14.2 Å². The molecule has 2 aromatic rings. The second-order valence-corrected chi connectivity index (χ2v) is 17.7. The van der Waals surface area contributed by atoms with Crippen LogP contribution in [0.15, 0.2) is 12.1 Å². The quantitative estimate of drug-likeness (QED) is 0.370. The zero-order chi connectivity index (χ0) is 31.2. The molecule has 7 heteroatoms. The van der Waals surface area contributed by atoms with Gasteiger partial charge < -0.3 is 29.4 Å². The van der Waals surface area contributed by atoms with Gasteiger partial charge >= 0.3 is 0 Å². The first kappa shape index (κ1) is 28.5. The summed E-state index contributed by atoms with van der Waals surface area (Å²) in [6.07, 6.45) is 5.03. The molecule has 0 bridgehead atoms. The number of benzene rings is 1. The molecule has 4 heterocycles. The molecule has 7 aliphatic rings. The van der Waals surface area contributed by atoms with Crippen LogP contribution in [0.1, 0.15) is 115 Å². The van der Waals surface area contributed by atoms with Crippen LogP contribution in [0.2, 0.25) is 0 Å². The summed E-state index contributed by atoms with van der Waals surface area (Å²) in [7, 11) is 0. The van der Waals surface area contributed by atoms with E-state index in [0.717, 1.165) is 43.2 Å². The second-order valence-electron chi connectivity index (χ2n) is 17.7. The smallest absolute Gasteiger partial charge is 0.169 e. The Bertz CT molecular complexity index is 1650. The average molecular weight is 604 g/mol. The molecule has 238 valence electrons. The van der Waals surface area contributed by atoms with Crippen molar-refractivity contribution in [1.82, 2.24) is 4.98 Å². The first-order valence-electron chi connectivity index (χ1n) is 17.1. The molecule has 10 atom stereocenters. The molecule has 1 spiro atoms. The van der Waals surface area contributed by atoms with Crippen molar-refractivity contribution in [1.29, 1.82) is 0 Å². The predicted octanol–water partition coefficient (Wildman–Crippen LogP) is 5.55. The fraction of sp³-hybridized carbons (Fsp3) is 0.757. The van der Waals surface area contributed by atoms with E-state index in [1.165, 1.54) is 22.2 Å². The summed E-state index contributed by atoms with van der Waals surface area (Å²) in [5, 5.41) is 25.1. The van der Waals surface area contributed by atoms with Gasteiger partial charge in [-0.3, -0.25) is 4.79 Å². The summed E-state index contributed by atoms with van der Waals surface area (Å²) in [5.41, 5.74) is 1.47. The maximum absolute atomic E-state index is 14.2. The highest BCUT2D eigenvalue weighted by molar-refractivity contribution is 6.06. The molecule has 3 saturated heterocycles. The summed E-state index contributed by atoms with van der Waals surface area (Å²) in [4.78, 5) is 18.1. The Hall–Kier alpha value is -1.77. The minimum Gasteiger partial charge on any atom is -0.388 e. The van der Waals surface area contributed by atoms with Crippen LogP contribution in [0, 0.1) is 23.2 Å². The van der Waals surface area contributed by atoms with E-state index in [-0.39, 0.29) is 46.9 Å². The second kappa shape index (κ2) is 7.84. The van der Waals surface area contributed by atoms with E-state index in [1.54, 1.807) is 0 Å². The number of Topliss-reactive ketones (excluding diaryl/α,β-unsaturated/α-hetero) is 1. The maximum atomic E-state index is 14.2. The van der Waals surface area contributed by atoms with E-state index in [1.807, 2.05) is 19.9 Å². The molecule has 44 heavy (non-hydrogen) atoms. The molecule has 3 unspecified atom stereocenters. The van der Waals surface area contributed by atoms with Gasteiger partial charge in [0.1, 0.15) is 11.2 Å². The third kappa shape index (κ3) is 2.94. The lowest BCUT2D eigenvalue weighted by atomic mass is 9.40. The largest absolute Gasteiger partial charge is 0.388 e. The van der Waals surface area contributed by atoms with E-state index in [9.17, 15) is 15.0 Å². The minimum absolute atomic E-state index is 0.0988. The van der Waals surface area contributed by atoms with E-state index in [0.29, 0.717) is 18.8 Å². The highest BCUT2D eigenvalue weighted by atomic mass is 16.7. The van der Waals surface area contributed by atoms with Gasteiger partial charge in [0.15, 0.2) is 5.78 Å². The van der Waals surface area contributed by atoms with Crippen LogP contribution in [0.3, 0.4) is 0 Å². The van der Waals surface area contributed by atoms with Gasteiger partial charge in [-0.2, -0.15) is 0 Å². The van der Waals surface area contributed by atoms with Gasteiger partial charge in [-0.1, -0.05) is 13.8 Å². The molecular formula is C37H49NO6. The summed E-state index contributed by atoms with van der Waals surface area (Å²) in [6, 6.07) is 4.17. The van der Waals surface area contributed by atoms with Crippen molar-refractivity contribution >= 4 is 16.7 Å². The van der Waals surface area contributed by atoms with Gasteiger partial charge in [-0.25, -0.2) is 0 Å². The summed E-state index contributed by atoms with van der Waals surface area (Å²) < 4.78 is 19.7. The number of carbonyl (C=O) groups excluding carboxylic acids is 1. The molecule has 4 aliphatic carbocycles. The number of hydrogen-bond acceptors (Lipinski definition) is 6. The number of fused-ring (bicyclic) bond motifs is 10. The van der Waals surface area contributed by atoms with Crippen molar-refractivity contribution in [3.8, 4) is 0 Å². The van der Waals surface area contributed by atoms with Crippen molar-refractivity contribution in [3.05, 3.63) is 34.5 Å². The third-order valence-electron chi connectivity index (χ3n) is 14.8. The maximum Gasteiger partial charge on any atom is 0.169 e. The van der Waals surface area contributed by atoms with E-state index >= 15 is 0 Å². The van der Waals surface area contributed by atoms with Crippen LogP contribution in [0.4, 0.5) is 0 Å². The number of aliphatic hydroxyl groups is 2. The Morgan fingerprint density at radius 1 is 0.955 bits per heavy atom. The zero-order valence-electron chi connectivity index (χ0n) is 27.6. The van der Waals surface area contributed by atoms with Crippen LogP contribution < -0.4 is 0 Å². The van der Waals surface area contributed by atoms with Crippen molar-refractivity contribution < 1.29 is 29.2 Å². The number of ether oxygens (including phenoxy) is 3. The van der Waals surface area contributed by atoms with Crippen LogP contribution >= 0.6 is 0 Å². The number of H-pyrrole nitrogens is 1. The molecular weight excluding hydrogens is 554 g/mol. The standard InChI is InChI=1S/C37H49NO6/c1-31(2,40)25-17-26-37(43-26)24(42-25)12-13-34(7)35(8)18(11-14-36(34,37)41)15-21-27-20-16-22-28(33(5,6)44-32(22,3)4)29(39)19(20)9-10-23(27)38-30(21)35/h9-10,18,22,24-26,28,38,40-41H,11-17H2,1-8H3/t18-,22?,24?,25-,26+,28?,34+,35+,36-,37-/m0/s1. The molecule has 2 saturated carbocycles. The Labute approximate surface area is 260 Å². The number of rotatable bonds is 1. The van der Waals surface area contributed by atoms with Crippen molar-refractivity contribution in [3.63, 3.8) is 0 Å². The molecule has 7 nitrogen and oxygen atoms in total. The summed E-state index contributed by atoms with van der Waals surface area (Å²) in [5.74, 6) is 0.610. The number of epoxide rings is 1. The van der Waals surface area contributed by atoms with Gasteiger partial charge in [-0.15, -0.1) is 0 Å². The van der Waals surface area contributed by atoms with Crippen LogP contribution in [-0.4, -0.2) is 67.3 Å². The Morgan fingerprint density at radius 2 is 1.70 bits per heavy atom. The lowest BCUT2D eigenvalue weighted by Crippen LogP contribution is -2.75. The van der Waals surface area contributed by atoms with Gasteiger partial charge in [0.05, 0.1) is 41.0 Å². The first-order chi connectivity index (χ1) is 20.4. The topological polar surface area (TPSA) is 104 Å². The molecule has 0 radical (unpaired) electrons. The van der Waals surface area contributed by atoms with Crippen LogP contribution in [0.25, 0.3) is 10.9 Å². The van der Waals surface area contributed by atoms with Crippen molar-refractivity contribution in [2.45, 2.75) is 152 Å². The molecule has 1 aromatic carbocycles. The minimum atomic E-state index is -1.04. The number of ketones is 1. The number of hydrogen-bond donors (Lipinski definition) is 3. The molecule has 3 aliphatic heterocycles. The lowest BCUT2D eigenvalue weighted by molar-refractivity contribution is -0.270. The monoisotopic (exact) mass is 603 g/mol. The predicted molar refractivity (Wildman–Crippen MR) is 166 cm³/mol. The zero-order valence-corrected chi connectivity index (χ0v) is 27.6. The van der Waals surface area contributed by atoms with E-state index < -0.39 is 27.8 Å². The van der Waals surface area contributed by atoms with E-state index in [2.05, 4.69) is 52.6 Å². The number of aromatic nitrogens is 1. The van der Waals surface area contributed by atoms with Crippen molar-refractivity contribution in [2.75, 3.05) is 0 Å². The summed E-state index contributed by atoms with van der Waals surface area (Å²) >= 11 is 0. The highest BCUT2D eigenvalue weighted by Crippen LogP contribution is 2.75.